The van der Waals surface area contributed by atoms with Crippen LogP contribution in [0.3, 0.4) is 0 Å². The highest BCUT2D eigenvalue weighted by Crippen LogP contribution is 2.28. The van der Waals surface area contributed by atoms with Gasteiger partial charge in [0.25, 0.3) is 5.56 Å². The molecule has 0 spiro atoms. The van der Waals surface area contributed by atoms with Crippen LogP contribution in [0.15, 0.2) is 40.3 Å². The largest absolute Gasteiger partial charge is 0.309 e. The Hall–Kier alpha value is -2.78. The highest BCUT2D eigenvalue weighted by molar-refractivity contribution is 7.98. The number of benzene rings is 1. The first-order valence-corrected chi connectivity index (χ1v) is 9.97. The number of nitrogens with one attached hydrogen (secondary N) is 2. The van der Waals surface area contributed by atoms with Crippen LogP contribution in [0.5, 0.6) is 0 Å². The number of aromatic amines is 2. The van der Waals surface area contributed by atoms with E-state index in [4.69, 9.17) is 0 Å². The molecule has 0 aliphatic rings. The van der Waals surface area contributed by atoms with Crippen LogP contribution in [-0.2, 0) is 5.75 Å². The van der Waals surface area contributed by atoms with E-state index in [0.717, 1.165) is 5.56 Å². The molecule has 0 unspecified atom stereocenters. The molecule has 0 atom stereocenters. The minimum Gasteiger partial charge on any atom is -0.309 e. The average Bonchev–Trinajstić information content (AvgIpc) is 3.26. The molecule has 3 aromatic heterocycles. The third kappa shape index (κ3) is 3.43. The maximum Gasteiger partial charge on any atom is 0.259 e. The lowest BCUT2D eigenvalue weighted by atomic mass is 10.2. The summed E-state index contributed by atoms with van der Waals surface area (Å²) >= 11 is 2.63. The number of aromatic nitrogens is 5. The lowest BCUT2D eigenvalue weighted by Crippen LogP contribution is -2.11. The molecule has 1 aromatic carbocycles. The Kier molecular flexibility index (Phi) is 4.63. The zero-order chi connectivity index (χ0) is 19.0. The summed E-state index contributed by atoms with van der Waals surface area (Å²) in [4.78, 5) is 37.0. The quantitative estimate of drug-likeness (QED) is 0.394. The normalized spacial score (nSPS) is 11.2. The first-order valence-electron chi connectivity index (χ1n) is 8.17. The Morgan fingerprint density at radius 1 is 1.22 bits per heavy atom. The topological polar surface area (TPSA) is 104 Å². The molecule has 0 aliphatic carbocycles. The highest BCUT2D eigenvalue weighted by atomic mass is 32.2. The van der Waals surface area contributed by atoms with E-state index in [1.165, 1.54) is 30.0 Å². The van der Waals surface area contributed by atoms with E-state index in [2.05, 4.69) is 25.1 Å². The smallest absolute Gasteiger partial charge is 0.259 e. The second-order valence-corrected chi connectivity index (χ2v) is 7.87. The maximum atomic E-state index is 12.4. The number of H-pyrrole nitrogens is 2. The number of rotatable bonds is 5. The Morgan fingerprint density at radius 3 is 2.74 bits per heavy atom. The molecule has 27 heavy (non-hydrogen) atoms. The number of nitrogens with zero attached hydrogens (tertiary/aromatic N) is 3. The summed E-state index contributed by atoms with van der Waals surface area (Å²) < 4.78 is 0. The predicted octanol–water partition coefficient (Wildman–Crippen LogP) is 3.57. The lowest BCUT2D eigenvalue weighted by molar-refractivity contribution is 0.102. The first-order chi connectivity index (χ1) is 13.0. The van der Waals surface area contributed by atoms with Crippen molar-refractivity contribution < 1.29 is 4.79 Å². The van der Waals surface area contributed by atoms with Crippen LogP contribution >= 0.6 is 23.1 Å². The monoisotopic (exact) mass is 397 g/mol. The number of thioether (sulfide) groups is 1. The van der Waals surface area contributed by atoms with Gasteiger partial charge < -0.3 is 4.98 Å². The third-order valence-corrected chi connectivity index (χ3v) is 6.16. The Balaban J connectivity index is 1.57. The molecule has 0 radical (unpaired) electrons. The lowest BCUT2D eigenvalue weighted by Gasteiger charge is -1.99. The SMILES string of the molecule is CC(=O)c1sc2nc(CSc3n[nH]c(-c4ccccc4)n3)[nH]c(=O)c2c1C. The molecule has 0 fully saturated rings. The Labute approximate surface area is 162 Å². The summed E-state index contributed by atoms with van der Waals surface area (Å²) in [6.45, 7) is 3.27. The van der Waals surface area contributed by atoms with Gasteiger partial charge in [0, 0.05) is 5.56 Å². The van der Waals surface area contributed by atoms with Crippen molar-refractivity contribution >= 4 is 39.1 Å². The first kappa shape index (κ1) is 17.6. The number of fused-ring (bicyclic) bond motifs is 1. The molecule has 0 saturated carbocycles. The molecule has 136 valence electrons. The number of hydrogen-bond acceptors (Lipinski definition) is 7. The Bertz CT molecular complexity index is 1190. The maximum absolute atomic E-state index is 12.4. The number of aryl methyl sites for hydroxylation is 1. The molecule has 0 amide bonds. The molecule has 4 aromatic rings. The molecule has 7 nitrogen and oxygen atoms in total. The molecular weight excluding hydrogens is 382 g/mol. The van der Waals surface area contributed by atoms with E-state index in [1.54, 1.807) is 6.92 Å². The van der Waals surface area contributed by atoms with Crippen molar-refractivity contribution in [3.05, 3.63) is 57.0 Å². The van der Waals surface area contributed by atoms with Crippen molar-refractivity contribution in [1.29, 1.82) is 0 Å². The zero-order valence-electron chi connectivity index (χ0n) is 14.6. The summed E-state index contributed by atoms with van der Waals surface area (Å²) in [5.41, 5.74) is 1.42. The number of hydrogen-bond donors (Lipinski definition) is 2. The summed E-state index contributed by atoms with van der Waals surface area (Å²) in [7, 11) is 0. The van der Waals surface area contributed by atoms with Crippen molar-refractivity contribution in [3.8, 4) is 11.4 Å². The van der Waals surface area contributed by atoms with Gasteiger partial charge in [0.2, 0.25) is 5.16 Å². The number of ketones is 1. The van der Waals surface area contributed by atoms with Crippen molar-refractivity contribution in [2.24, 2.45) is 0 Å². The van der Waals surface area contributed by atoms with Gasteiger partial charge in [-0.25, -0.2) is 9.97 Å². The summed E-state index contributed by atoms with van der Waals surface area (Å²) in [6.07, 6.45) is 0. The van der Waals surface area contributed by atoms with Crippen molar-refractivity contribution in [3.63, 3.8) is 0 Å². The van der Waals surface area contributed by atoms with Crippen LogP contribution in [0, 0.1) is 6.92 Å². The van der Waals surface area contributed by atoms with E-state index in [1.807, 2.05) is 30.3 Å². The van der Waals surface area contributed by atoms with Crippen LogP contribution in [-0.4, -0.2) is 30.9 Å². The van der Waals surface area contributed by atoms with Gasteiger partial charge in [-0.05, 0) is 19.4 Å². The fourth-order valence-corrected chi connectivity index (χ4v) is 4.53. The van der Waals surface area contributed by atoms with Gasteiger partial charge in [-0.3, -0.25) is 14.7 Å². The van der Waals surface area contributed by atoms with E-state index in [0.29, 0.717) is 43.2 Å². The molecule has 0 saturated heterocycles. The molecule has 0 bridgehead atoms. The van der Waals surface area contributed by atoms with Gasteiger partial charge >= 0.3 is 0 Å². The Morgan fingerprint density at radius 2 is 2.00 bits per heavy atom. The fraction of sp³-hybridized carbons (Fsp3) is 0.167. The van der Waals surface area contributed by atoms with Crippen LogP contribution < -0.4 is 5.56 Å². The van der Waals surface area contributed by atoms with Crippen molar-refractivity contribution in [2.45, 2.75) is 24.8 Å². The molecule has 9 heteroatoms. The van der Waals surface area contributed by atoms with Crippen LogP contribution in [0.1, 0.15) is 28.0 Å². The number of Topliss-reactive ketones (excluding diaryl/α,β-unsaturated/α-hetero) is 1. The number of carbonyl (C=O) groups is 1. The second-order valence-electron chi connectivity index (χ2n) is 5.93. The van der Waals surface area contributed by atoms with E-state index in [-0.39, 0.29) is 11.3 Å². The zero-order valence-corrected chi connectivity index (χ0v) is 16.2. The molecule has 0 aliphatic heterocycles. The van der Waals surface area contributed by atoms with Crippen LogP contribution in [0.4, 0.5) is 0 Å². The highest BCUT2D eigenvalue weighted by Gasteiger charge is 2.17. The van der Waals surface area contributed by atoms with Gasteiger partial charge in [-0.2, -0.15) is 0 Å². The van der Waals surface area contributed by atoms with Gasteiger partial charge in [0.15, 0.2) is 11.6 Å². The van der Waals surface area contributed by atoms with E-state index >= 15 is 0 Å². The van der Waals surface area contributed by atoms with Gasteiger partial charge in [0.05, 0.1) is 16.0 Å². The van der Waals surface area contributed by atoms with Gasteiger partial charge in [-0.15, -0.1) is 16.4 Å². The minimum absolute atomic E-state index is 0.0556. The third-order valence-electron chi connectivity index (χ3n) is 4.02. The van der Waals surface area contributed by atoms with Crippen molar-refractivity contribution in [2.75, 3.05) is 0 Å². The fourth-order valence-electron chi connectivity index (χ4n) is 2.76. The molecule has 2 N–H and O–H groups in total. The van der Waals surface area contributed by atoms with Crippen LogP contribution in [0.25, 0.3) is 21.6 Å². The summed E-state index contributed by atoms with van der Waals surface area (Å²) in [5.74, 6) is 1.58. The summed E-state index contributed by atoms with van der Waals surface area (Å²) in [6, 6.07) is 9.72. The predicted molar refractivity (Wildman–Crippen MR) is 106 cm³/mol. The standard InChI is InChI=1S/C18H15N5O2S2/c1-9-13-16(25)19-12(20-17(13)27-14(9)10(2)24)8-26-18-21-15(22-23-18)11-6-4-3-5-7-11/h3-7H,8H2,1-2H3,(H,19,20,25)(H,21,22,23). The summed E-state index contributed by atoms with van der Waals surface area (Å²) in [5, 5.41) is 8.17. The number of carbonyl (C=O) groups excluding carboxylic acids is 1. The second kappa shape index (κ2) is 7.09. The number of thiophene rings is 1. The minimum atomic E-state index is -0.225. The van der Waals surface area contributed by atoms with Gasteiger partial charge in [-0.1, -0.05) is 42.1 Å². The van der Waals surface area contributed by atoms with Gasteiger partial charge in [0.1, 0.15) is 10.7 Å². The molecular formula is C18H15N5O2S2. The van der Waals surface area contributed by atoms with E-state index < -0.39 is 0 Å². The molecule has 4 rings (SSSR count). The average molecular weight is 397 g/mol. The van der Waals surface area contributed by atoms with Crippen molar-refractivity contribution in [1.82, 2.24) is 25.1 Å². The molecule has 3 heterocycles. The van der Waals surface area contributed by atoms with E-state index in [9.17, 15) is 9.59 Å². The van der Waals surface area contributed by atoms with Crippen LogP contribution in [0.2, 0.25) is 0 Å².